The quantitative estimate of drug-likeness (QED) is 0.622. The number of aliphatic hydroxyl groups is 1. The Morgan fingerprint density at radius 2 is 2.25 bits per heavy atom. The average molecular weight is 277 g/mol. The van der Waals surface area contributed by atoms with Crippen molar-refractivity contribution >= 4 is 23.0 Å². The fraction of sp³-hybridized carbons (Fsp3) is 0.462. The van der Waals surface area contributed by atoms with Gasteiger partial charge >= 0.3 is 0 Å². The summed E-state index contributed by atoms with van der Waals surface area (Å²) in [4.78, 5) is 24.0. The van der Waals surface area contributed by atoms with Gasteiger partial charge in [0, 0.05) is 24.8 Å². The van der Waals surface area contributed by atoms with E-state index in [9.17, 15) is 20.0 Å². The van der Waals surface area contributed by atoms with Crippen molar-refractivity contribution in [2.45, 2.75) is 25.4 Å². The lowest BCUT2D eigenvalue weighted by Gasteiger charge is -2.31. The largest absolute Gasteiger partial charge is 0.391 e. The molecule has 1 fully saturated rings. The first-order chi connectivity index (χ1) is 9.54. The molecule has 2 aliphatic heterocycles. The maximum atomic E-state index is 11.4. The number of nitrogens with zero attached hydrogens (tertiary/aromatic N) is 2. The maximum Gasteiger partial charge on any atom is 0.292 e. The van der Waals surface area contributed by atoms with E-state index < -0.39 is 11.0 Å². The number of nitrogens with one attached hydrogen (secondary N) is 1. The second-order valence-corrected chi connectivity index (χ2v) is 5.22. The van der Waals surface area contributed by atoms with E-state index in [-0.39, 0.29) is 18.0 Å². The molecule has 1 saturated heterocycles. The van der Waals surface area contributed by atoms with Crippen molar-refractivity contribution in [3.05, 3.63) is 27.8 Å². The molecule has 0 aliphatic carbocycles. The summed E-state index contributed by atoms with van der Waals surface area (Å²) >= 11 is 0. The smallest absolute Gasteiger partial charge is 0.292 e. The SMILES string of the molecule is O=C1Cc2cc([N+](=O)[O-])c(N3CCCC(O)C3)cc2N1. The van der Waals surface area contributed by atoms with Crippen molar-refractivity contribution in [3.63, 3.8) is 0 Å². The molecule has 1 aromatic carbocycles. The molecule has 2 aliphatic rings. The van der Waals surface area contributed by atoms with E-state index in [4.69, 9.17) is 0 Å². The number of piperidine rings is 1. The lowest BCUT2D eigenvalue weighted by molar-refractivity contribution is -0.384. The second kappa shape index (κ2) is 4.75. The summed E-state index contributed by atoms with van der Waals surface area (Å²) in [5.74, 6) is -0.148. The predicted molar refractivity (Wildman–Crippen MR) is 72.9 cm³/mol. The lowest BCUT2D eigenvalue weighted by Crippen LogP contribution is -2.38. The van der Waals surface area contributed by atoms with Gasteiger partial charge in [0.05, 0.1) is 17.4 Å². The lowest BCUT2D eigenvalue weighted by atomic mass is 10.0. The second-order valence-electron chi connectivity index (χ2n) is 5.22. The Morgan fingerprint density at radius 3 is 2.95 bits per heavy atom. The van der Waals surface area contributed by atoms with Crippen molar-refractivity contribution in [2.24, 2.45) is 0 Å². The van der Waals surface area contributed by atoms with Crippen molar-refractivity contribution < 1.29 is 14.8 Å². The topological polar surface area (TPSA) is 95.7 Å². The molecular formula is C13H15N3O4. The van der Waals surface area contributed by atoms with E-state index >= 15 is 0 Å². The van der Waals surface area contributed by atoms with Crippen LogP contribution in [0.1, 0.15) is 18.4 Å². The molecule has 0 radical (unpaired) electrons. The van der Waals surface area contributed by atoms with E-state index in [1.54, 1.807) is 6.07 Å². The molecule has 0 bridgehead atoms. The maximum absolute atomic E-state index is 11.4. The number of nitro groups is 1. The van der Waals surface area contributed by atoms with Crippen LogP contribution in [0.15, 0.2) is 12.1 Å². The number of β-amino-alcohol motifs (C(OH)–C–C–N with tert-alkyl or cyclic N) is 1. The molecule has 2 heterocycles. The third-order valence-electron chi connectivity index (χ3n) is 3.76. The normalized spacial score (nSPS) is 21.6. The van der Waals surface area contributed by atoms with Gasteiger partial charge in [-0.15, -0.1) is 0 Å². The number of fused-ring (bicyclic) bond motifs is 1. The first-order valence-corrected chi connectivity index (χ1v) is 6.59. The number of carbonyl (C=O) groups excluding carboxylic acids is 1. The van der Waals surface area contributed by atoms with E-state index in [2.05, 4.69) is 5.32 Å². The number of amides is 1. The number of carbonyl (C=O) groups is 1. The first-order valence-electron chi connectivity index (χ1n) is 6.59. The van der Waals surface area contributed by atoms with Crippen LogP contribution in [0.4, 0.5) is 17.1 Å². The summed E-state index contributed by atoms with van der Waals surface area (Å²) in [6, 6.07) is 3.11. The molecule has 2 N–H and O–H groups in total. The summed E-state index contributed by atoms with van der Waals surface area (Å²) in [5.41, 5.74) is 1.75. The minimum atomic E-state index is -0.466. The number of rotatable bonds is 2. The van der Waals surface area contributed by atoms with Gasteiger partial charge < -0.3 is 15.3 Å². The van der Waals surface area contributed by atoms with E-state index in [0.717, 1.165) is 6.42 Å². The van der Waals surface area contributed by atoms with Gasteiger partial charge in [-0.25, -0.2) is 0 Å². The third kappa shape index (κ3) is 2.20. The van der Waals surface area contributed by atoms with E-state index in [0.29, 0.717) is 36.4 Å². The highest BCUT2D eigenvalue weighted by Gasteiger charge is 2.29. The molecule has 1 unspecified atom stereocenters. The zero-order valence-electron chi connectivity index (χ0n) is 10.8. The Bertz CT molecular complexity index is 587. The summed E-state index contributed by atoms with van der Waals surface area (Å²) in [7, 11) is 0. The van der Waals surface area contributed by atoms with Crippen LogP contribution < -0.4 is 10.2 Å². The number of hydrogen-bond acceptors (Lipinski definition) is 5. The molecular weight excluding hydrogens is 262 g/mol. The summed E-state index contributed by atoms with van der Waals surface area (Å²) < 4.78 is 0. The Balaban J connectivity index is 2.02. The fourth-order valence-corrected chi connectivity index (χ4v) is 2.82. The van der Waals surface area contributed by atoms with Crippen LogP contribution in [0.25, 0.3) is 0 Å². The van der Waals surface area contributed by atoms with E-state index in [1.165, 1.54) is 6.07 Å². The highest BCUT2D eigenvalue weighted by atomic mass is 16.6. The van der Waals surface area contributed by atoms with Gasteiger partial charge in [0.2, 0.25) is 5.91 Å². The summed E-state index contributed by atoms with van der Waals surface area (Å²) in [6.07, 6.45) is 1.22. The van der Waals surface area contributed by atoms with Gasteiger partial charge in [0.15, 0.2) is 0 Å². The molecule has 3 rings (SSSR count). The van der Waals surface area contributed by atoms with Crippen LogP contribution in [-0.4, -0.2) is 35.1 Å². The summed E-state index contributed by atoms with van der Waals surface area (Å²) in [5, 5.41) is 23.7. The number of hydrogen-bond donors (Lipinski definition) is 2. The van der Waals surface area contributed by atoms with Gasteiger partial charge in [0.25, 0.3) is 5.69 Å². The predicted octanol–water partition coefficient (Wildman–Crippen LogP) is 1.05. The minimum absolute atomic E-state index is 0.00523. The average Bonchev–Trinajstić information content (AvgIpc) is 2.76. The van der Waals surface area contributed by atoms with E-state index in [1.807, 2.05) is 4.90 Å². The fourth-order valence-electron chi connectivity index (χ4n) is 2.82. The Morgan fingerprint density at radius 1 is 1.45 bits per heavy atom. The standard InChI is InChI=1S/C13H15N3O4/c17-9-2-1-3-15(7-9)11-6-10-8(5-13(18)14-10)4-12(11)16(19)20/h4,6,9,17H,1-3,5,7H2,(H,14,18). The van der Waals surface area contributed by atoms with Crippen molar-refractivity contribution in [2.75, 3.05) is 23.3 Å². The highest BCUT2D eigenvalue weighted by Crippen LogP contribution is 2.37. The third-order valence-corrected chi connectivity index (χ3v) is 3.76. The summed E-state index contributed by atoms with van der Waals surface area (Å²) in [6.45, 7) is 1.05. The number of anilines is 2. The molecule has 106 valence electrons. The van der Waals surface area contributed by atoms with Crippen LogP contribution in [0, 0.1) is 10.1 Å². The molecule has 0 aromatic heterocycles. The van der Waals surface area contributed by atoms with Crippen LogP contribution in [0.2, 0.25) is 0 Å². The highest BCUT2D eigenvalue weighted by molar-refractivity contribution is 6.00. The van der Waals surface area contributed by atoms with Gasteiger partial charge in [0.1, 0.15) is 5.69 Å². The number of benzene rings is 1. The van der Waals surface area contributed by atoms with Gasteiger partial charge in [-0.3, -0.25) is 14.9 Å². The molecule has 7 heteroatoms. The van der Waals surface area contributed by atoms with Crippen LogP contribution >= 0.6 is 0 Å². The Hall–Kier alpha value is -2.15. The molecule has 1 aromatic rings. The molecule has 7 nitrogen and oxygen atoms in total. The Kier molecular flexibility index (Phi) is 3.06. The molecule has 1 amide bonds. The Labute approximate surface area is 115 Å². The van der Waals surface area contributed by atoms with Gasteiger partial charge in [-0.1, -0.05) is 0 Å². The van der Waals surface area contributed by atoms with Crippen molar-refractivity contribution in [1.82, 2.24) is 0 Å². The van der Waals surface area contributed by atoms with Crippen molar-refractivity contribution in [1.29, 1.82) is 0 Å². The van der Waals surface area contributed by atoms with Crippen LogP contribution in [-0.2, 0) is 11.2 Å². The number of aliphatic hydroxyl groups excluding tert-OH is 1. The van der Waals surface area contributed by atoms with Gasteiger partial charge in [-0.05, 0) is 24.5 Å². The molecule has 0 spiro atoms. The number of nitro benzene ring substituents is 1. The van der Waals surface area contributed by atoms with Crippen molar-refractivity contribution in [3.8, 4) is 0 Å². The molecule has 0 saturated carbocycles. The minimum Gasteiger partial charge on any atom is -0.391 e. The monoisotopic (exact) mass is 277 g/mol. The van der Waals surface area contributed by atoms with Crippen LogP contribution in [0.3, 0.4) is 0 Å². The molecule has 20 heavy (non-hydrogen) atoms. The van der Waals surface area contributed by atoms with Gasteiger partial charge in [-0.2, -0.15) is 0 Å². The first kappa shape index (κ1) is 12.9. The van der Waals surface area contributed by atoms with Crippen LogP contribution in [0.5, 0.6) is 0 Å². The zero-order chi connectivity index (χ0) is 14.3. The molecule has 1 atom stereocenters. The zero-order valence-corrected chi connectivity index (χ0v) is 10.8.